The Bertz CT molecular complexity index is 8900. The Hall–Kier alpha value is -14.2. The Morgan fingerprint density at radius 2 is 0.667 bits per heavy atom. The van der Waals surface area contributed by atoms with Crippen LogP contribution in [0, 0.1) is 142 Å². The number of hydrogen-bond acceptors (Lipinski definition) is 29. The molecular weight excluding hydrogens is 1850 g/mol. The Morgan fingerprint density at radius 3 is 1.21 bits per heavy atom. The molecule has 22 nitrogen and oxygen atoms in total. The molecule has 0 unspecified atom stereocenters. The first-order valence-corrected chi connectivity index (χ1v) is 49.3. The lowest BCUT2D eigenvalue weighted by molar-refractivity contribution is 1.10. The zero-order valence-electron chi connectivity index (χ0n) is 77.4. The molecule has 0 atom stereocenters. The molecule has 23 rings (SSSR count). The lowest BCUT2D eigenvalue weighted by atomic mass is 9.89. The summed E-state index contributed by atoms with van der Waals surface area (Å²) in [5.41, 5.74) is 38.8. The van der Waals surface area contributed by atoms with Crippen LogP contribution < -0.4 is 0 Å². The molecule has 0 bridgehead atoms. The molecular formula is C104H84N22S9. The summed E-state index contributed by atoms with van der Waals surface area (Å²) in [6.07, 6.45) is 15.5. The maximum absolute atomic E-state index is 4.71. The van der Waals surface area contributed by atoms with E-state index in [2.05, 4.69) is 259 Å². The number of allylic oxidation sites excluding steroid dienone is 3. The van der Waals surface area contributed by atoms with E-state index in [-0.39, 0.29) is 0 Å². The molecule has 11 aromatic carbocycles. The van der Waals surface area contributed by atoms with Crippen LogP contribution in [-0.2, 0) is 22.7 Å². The topological polar surface area (TPSA) is 281 Å². The second-order valence-corrected chi connectivity index (χ2v) is 36.4. The number of aryl methyl sites for hydroxylation is 12. The van der Waals surface area contributed by atoms with Crippen molar-refractivity contribution in [1.82, 2.24) is 82.4 Å². The zero-order chi connectivity index (χ0) is 94.8. The molecule has 664 valence electrons. The van der Waals surface area contributed by atoms with Crippen molar-refractivity contribution in [2.75, 3.05) is 0 Å². The first-order valence-electron chi connectivity index (χ1n) is 42.6. The van der Waals surface area contributed by atoms with Crippen LogP contribution in [-0.4, -0.2) is 82.4 Å². The molecule has 0 aliphatic carbocycles. The highest BCUT2D eigenvalue weighted by atomic mass is 32.1. The molecule has 12 heterocycles. The van der Waals surface area contributed by atoms with E-state index < -0.39 is 0 Å². The minimum atomic E-state index is 0.829. The number of fused-ring (bicyclic) bond motifs is 15. The van der Waals surface area contributed by atoms with E-state index in [0.29, 0.717) is 0 Å². The van der Waals surface area contributed by atoms with E-state index in [1.54, 1.807) is 30.7 Å². The summed E-state index contributed by atoms with van der Waals surface area (Å²) in [7, 11) is 0. The molecule has 21 aromatic rings. The number of hydrogen-bond donors (Lipinski definition) is 0. The van der Waals surface area contributed by atoms with E-state index in [1.165, 1.54) is 152 Å². The third kappa shape index (κ3) is 18.9. The average Bonchev–Trinajstić information content (AvgIpc) is 1.72. The van der Waals surface area contributed by atoms with Gasteiger partial charge in [0.25, 0.3) is 0 Å². The third-order valence-corrected chi connectivity index (χ3v) is 27.7. The standard InChI is InChI=1S/C26H18.C14H14N4S.C14H12N4S.C10H8N4S2.C10H6N4S2.C10H8N2S.C10H10N2S.C10H8N2S/c1-3-8-22-25-15-20-11-6-4-9-18(20)13-23(25)17(2)24-14-19-10-5-7-12-21(19)16-26(22)24;2*1-5-6-10-13-11(15-8(3)9(4)16-13)7(2)12-14(10)18-19-17-12;2*1-3-4-6-9-7(11-15-13-9)5(2)8-10(6)14-16-12-8;1-3-4-8-10-9(7(2)13-8)11-5-6-12-10;2*1-3-4-8-6-5-7(2)9-10(8)12-13-11-9/h4-7,9-16H,1-2H3;5-6H,1-4H3;1-4H3;3-4H,1-2H3;1-2H3;5-6H,1-2H3;3-6H,1-2H3;5-6H,1-2H3/b;6-5+;;4-3+;;;4-3+;. The second-order valence-electron chi connectivity index (χ2n) is 31.0. The Balaban J connectivity index is 0.000000113. The summed E-state index contributed by atoms with van der Waals surface area (Å²) in [5, 5.41) is 10.2. The van der Waals surface area contributed by atoms with Crippen LogP contribution >= 0.6 is 81.7 Å². The summed E-state index contributed by atoms with van der Waals surface area (Å²) in [6.45, 7) is 39.5. The van der Waals surface area contributed by atoms with Crippen molar-refractivity contribution in [1.29, 1.82) is 0 Å². The van der Waals surface area contributed by atoms with Crippen LogP contribution in [0.4, 0.5) is 22.7 Å². The Kier molecular flexibility index (Phi) is 29.2. The van der Waals surface area contributed by atoms with Gasteiger partial charge in [0, 0.05) is 61.8 Å². The smallest absolute Gasteiger partial charge is 0.123 e. The molecule has 0 spiro atoms. The van der Waals surface area contributed by atoms with Gasteiger partial charge in [-0.15, -0.1) is 40.9 Å². The van der Waals surface area contributed by atoms with Gasteiger partial charge in [0.05, 0.1) is 149 Å². The van der Waals surface area contributed by atoms with E-state index >= 15 is 0 Å². The second kappa shape index (κ2) is 41.9. The summed E-state index contributed by atoms with van der Waals surface area (Å²) in [5.74, 6) is 30.3. The van der Waals surface area contributed by atoms with Crippen molar-refractivity contribution < 1.29 is 0 Å². The Morgan fingerprint density at radius 1 is 0.281 bits per heavy atom. The van der Waals surface area contributed by atoms with Crippen molar-refractivity contribution in [2.45, 2.75) is 138 Å². The summed E-state index contributed by atoms with van der Waals surface area (Å²) in [6, 6.07) is 34.5. The molecule has 10 aromatic heterocycles. The van der Waals surface area contributed by atoms with E-state index in [9.17, 15) is 0 Å². The minimum Gasteiger partial charge on any atom is -0.252 e. The monoisotopic (exact) mass is 1930 g/mol. The number of benzene rings is 11. The van der Waals surface area contributed by atoms with Gasteiger partial charge >= 0.3 is 0 Å². The number of rotatable bonds is 3. The molecule has 2 aliphatic rings. The predicted molar refractivity (Wildman–Crippen MR) is 571 cm³/mol. The van der Waals surface area contributed by atoms with Crippen LogP contribution in [0.3, 0.4) is 0 Å². The zero-order valence-corrected chi connectivity index (χ0v) is 84.7. The summed E-state index contributed by atoms with van der Waals surface area (Å²) < 4.78 is 69.0. The highest BCUT2D eigenvalue weighted by Crippen LogP contribution is 2.46. The largest absolute Gasteiger partial charge is 0.252 e. The van der Waals surface area contributed by atoms with Crippen molar-refractivity contribution in [2.24, 2.45) is 17.5 Å². The lowest BCUT2D eigenvalue weighted by Crippen LogP contribution is -1.99. The van der Waals surface area contributed by atoms with Crippen LogP contribution in [0.15, 0.2) is 145 Å². The van der Waals surface area contributed by atoms with Crippen LogP contribution in [0.25, 0.3) is 161 Å². The Labute approximate surface area is 816 Å². The normalized spacial score (nSPS) is 11.4. The average molecular weight is 1930 g/mol. The van der Waals surface area contributed by atoms with Gasteiger partial charge in [-0.1, -0.05) is 133 Å². The third-order valence-electron chi connectivity index (χ3n) is 22.5. The minimum absolute atomic E-state index is 0.829. The van der Waals surface area contributed by atoms with Gasteiger partial charge < -0.3 is 0 Å². The van der Waals surface area contributed by atoms with Crippen molar-refractivity contribution in [3.05, 3.63) is 238 Å². The fourth-order valence-electron chi connectivity index (χ4n) is 15.6. The lowest BCUT2D eigenvalue weighted by Gasteiger charge is -2.14. The van der Waals surface area contributed by atoms with Crippen LogP contribution in [0.1, 0.15) is 166 Å². The SMILES string of the molecule is C/C=C/c1c2c(c(C)c3nsnc13)N=S=N2.C/C=C/c1c2nsnc2c(C)c2nc(C)c(C)nc12.C/C=C/c1ccc(C)c2nsnc12.CC#Cc1c2c(c(C)c3nsnc13)N=S=N2.CC#Cc1c2cc3ccccc3cc2c(C)c2cc3ccccc3cc12.CC#Cc1c2nsnc2c(C)c2nc(C)c(C)nc12.CC#Cc1ccc(C)c2nsnc12.CC#Cc1sc(C)c2nccnc12. The van der Waals surface area contributed by atoms with Crippen molar-refractivity contribution in [3.8, 4) is 59.2 Å². The summed E-state index contributed by atoms with van der Waals surface area (Å²) >= 11 is 11.5. The molecule has 31 heteroatoms. The van der Waals surface area contributed by atoms with Gasteiger partial charge in [0.15, 0.2) is 0 Å². The molecule has 0 fully saturated rings. The van der Waals surface area contributed by atoms with E-state index in [0.717, 1.165) is 216 Å². The molecule has 0 radical (unpaired) electrons. The molecule has 2 aliphatic heterocycles. The first-order chi connectivity index (χ1) is 65.6. The van der Waals surface area contributed by atoms with E-state index in [1.807, 2.05) is 160 Å². The quantitative estimate of drug-likeness (QED) is 0.117. The van der Waals surface area contributed by atoms with Gasteiger partial charge in [-0.3, -0.25) is 9.97 Å². The fourth-order valence-corrected chi connectivity index (χ4v) is 21.4. The van der Waals surface area contributed by atoms with E-state index in [4.69, 9.17) is 4.98 Å². The van der Waals surface area contributed by atoms with Crippen LogP contribution in [0.5, 0.6) is 0 Å². The van der Waals surface area contributed by atoms with Gasteiger partial charge in [-0.05, 0) is 229 Å². The molecule has 0 saturated carbocycles. The predicted octanol–water partition coefficient (Wildman–Crippen LogP) is 28.1. The van der Waals surface area contributed by atoms with Crippen molar-refractivity contribution in [3.63, 3.8) is 0 Å². The maximum Gasteiger partial charge on any atom is 0.123 e. The molecule has 0 saturated heterocycles. The highest BCUT2D eigenvalue weighted by Gasteiger charge is 2.25. The summed E-state index contributed by atoms with van der Waals surface area (Å²) in [4.78, 5) is 29.4. The number of nitrogens with zero attached hydrogens (tertiary/aromatic N) is 22. The fraction of sp³-hybridized carbons (Fsp3) is 0.192. The van der Waals surface area contributed by atoms with Gasteiger partial charge in [-0.25, -0.2) is 19.9 Å². The van der Waals surface area contributed by atoms with Crippen LogP contribution in [0.2, 0.25) is 0 Å². The highest BCUT2D eigenvalue weighted by molar-refractivity contribution is 7.58. The van der Waals surface area contributed by atoms with Gasteiger partial charge in [0.2, 0.25) is 0 Å². The molecule has 135 heavy (non-hydrogen) atoms. The molecule has 0 N–H and O–H groups in total. The number of thiophene rings is 1. The van der Waals surface area contributed by atoms with Crippen molar-refractivity contribution >= 4 is 288 Å². The maximum atomic E-state index is 4.71. The molecule has 0 amide bonds. The van der Waals surface area contributed by atoms with Gasteiger partial charge in [-0.2, -0.15) is 69.9 Å². The first kappa shape index (κ1) is 94.0. The van der Waals surface area contributed by atoms with Gasteiger partial charge in [0.1, 0.15) is 110 Å². The number of aromatic nitrogens is 18.